The summed E-state index contributed by atoms with van der Waals surface area (Å²) in [7, 11) is 0. The van der Waals surface area contributed by atoms with Crippen molar-refractivity contribution in [3.05, 3.63) is 65.9 Å². The second kappa shape index (κ2) is 6.71. The van der Waals surface area contributed by atoms with Crippen LogP contribution in [0.25, 0.3) is 10.9 Å². The number of hydrogen-bond acceptors (Lipinski definition) is 4. The summed E-state index contributed by atoms with van der Waals surface area (Å²) in [6.45, 7) is 1.42. The van der Waals surface area contributed by atoms with Crippen LogP contribution in [0.4, 0.5) is 10.1 Å². The molecule has 1 atom stereocenters. The van der Waals surface area contributed by atoms with Crippen molar-refractivity contribution in [3.63, 3.8) is 0 Å². The molecular formula is C20H19FN4O. The molecule has 0 unspecified atom stereocenters. The standard InChI is InChI=1S/C20H19FN4O/c21-16-3-6-18-15(10-16)11-23-19(24-18)9-13-7-8-25(12-13)20(26)14-1-4-17(22)5-2-14/h1-6,10-11,13H,7-9,12,22H2/t13-/m0/s1. The lowest BCUT2D eigenvalue weighted by Crippen LogP contribution is -2.29. The van der Waals surface area contributed by atoms with Crippen LogP contribution in [0.1, 0.15) is 22.6 Å². The van der Waals surface area contributed by atoms with Gasteiger partial charge < -0.3 is 10.6 Å². The Morgan fingerprint density at radius 1 is 1.23 bits per heavy atom. The summed E-state index contributed by atoms with van der Waals surface area (Å²) in [4.78, 5) is 23.3. The molecule has 1 amide bonds. The van der Waals surface area contributed by atoms with Gasteiger partial charge in [-0.2, -0.15) is 0 Å². The number of amides is 1. The lowest BCUT2D eigenvalue weighted by atomic mass is 10.0. The molecule has 3 aromatic rings. The number of nitrogens with two attached hydrogens (primary N) is 1. The van der Waals surface area contributed by atoms with E-state index in [1.165, 1.54) is 12.1 Å². The quantitative estimate of drug-likeness (QED) is 0.737. The van der Waals surface area contributed by atoms with Crippen molar-refractivity contribution in [2.45, 2.75) is 12.8 Å². The number of carbonyl (C=O) groups excluding carboxylic acids is 1. The fourth-order valence-electron chi connectivity index (χ4n) is 3.39. The Labute approximate surface area is 150 Å². The minimum atomic E-state index is -0.290. The molecular weight excluding hydrogens is 331 g/mol. The highest BCUT2D eigenvalue weighted by molar-refractivity contribution is 5.94. The summed E-state index contributed by atoms with van der Waals surface area (Å²) in [6.07, 6.45) is 3.29. The molecule has 5 nitrogen and oxygen atoms in total. The van der Waals surface area contributed by atoms with Crippen molar-refractivity contribution in [2.75, 3.05) is 18.8 Å². The lowest BCUT2D eigenvalue weighted by molar-refractivity contribution is 0.0787. The smallest absolute Gasteiger partial charge is 0.253 e. The first-order valence-electron chi connectivity index (χ1n) is 8.64. The predicted octanol–water partition coefficient (Wildman–Crippen LogP) is 3.06. The number of hydrogen-bond donors (Lipinski definition) is 1. The summed E-state index contributed by atoms with van der Waals surface area (Å²) in [5.74, 6) is 0.797. The Hall–Kier alpha value is -3.02. The first-order valence-corrected chi connectivity index (χ1v) is 8.64. The molecule has 26 heavy (non-hydrogen) atoms. The van der Waals surface area contributed by atoms with Crippen molar-refractivity contribution in [1.29, 1.82) is 0 Å². The van der Waals surface area contributed by atoms with E-state index in [0.29, 0.717) is 35.5 Å². The largest absolute Gasteiger partial charge is 0.399 e. The molecule has 4 rings (SSSR count). The lowest BCUT2D eigenvalue weighted by Gasteiger charge is -2.16. The Bertz CT molecular complexity index is 958. The van der Waals surface area contributed by atoms with E-state index in [2.05, 4.69) is 9.97 Å². The van der Waals surface area contributed by atoms with Crippen LogP contribution >= 0.6 is 0 Å². The molecule has 0 radical (unpaired) electrons. The monoisotopic (exact) mass is 350 g/mol. The van der Waals surface area contributed by atoms with E-state index in [4.69, 9.17) is 5.73 Å². The highest BCUT2D eigenvalue weighted by atomic mass is 19.1. The van der Waals surface area contributed by atoms with Crippen molar-refractivity contribution in [1.82, 2.24) is 14.9 Å². The zero-order valence-electron chi connectivity index (χ0n) is 14.2. The van der Waals surface area contributed by atoms with Crippen LogP contribution in [0, 0.1) is 11.7 Å². The van der Waals surface area contributed by atoms with E-state index in [-0.39, 0.29) is 11.7 Å². The fraction of sp³-hybridized carbons (Fsp3) is 0.250. The first-order chi connectivity index (χ1) is 12.6. The number of carbonyl (C=O) groups is 1. The van der Waals surface area contributed by atoms with Gasteiger partial charge in [0.15, 0.2) is 0 Å². The van der Waals surface area contributed by atoms with E-state index in [1.807, 2.05) is 4.90 Å². The van der Waals surface area contributed by atoms with Crippen LogP contribution in [0.2, 0.25) is 0 Å². The van der Waals surface area contributed by atoms with Crippen LogP contribution in [-0.2, 0) is 6.42 Å². The Kier molecular flexibility index (Phi) is 4.24. The molecule has 1 saturated heterocycles. The van der Waals surface area contributed by atoms with E-state index in [1.54, 1.807) is 36.5 Å². The Morgan fingerprint density at radius 3 is 2.85 bits per heavy atom. The van der Waals surface area contributed by atoms with Gasteiger partial charge in [0.25, 0.3) is 5.91 Å². The van der Waals surface area contributed by atoms with Crippen LogP contribution in [0.5, 0.6) is 0 Å². The molecule has 6 heteroatoms. The van der Waals surface area contributed by atoms with E-state index in [9.17, 15) is 9.18 Å². The third kappa shape index (κ3) is 3.35. The number of anilines is 1. The molecule has 1 fully saturated rings. The van der Waals surface area contributed by atoms with Gasteiger partial charge in [0.05, 0.1) is 5.52 Å². The zero-order chi connectivity index (χ0) is 18.1. The number of fused-ring (bicyclic) bond motifs is 1. The molecule has 1 aromatic heterocycles. The second-order valence-corrected chi connectivity index (χ2v) is 6.72. The van der Waals surface area contributed by atoms with Gasteiger partial charge in [0.1, 0.15) is 11.6 Å². The maximum atomic E-state index is 13.2. The van der Waals surface area contributed by atoms with E-state index < -0.39 is 0 Å². The van der Waals surface area contributed by atoms with Crippen LogP contribution in [0.3, 0.4) is 0 Å². The van der Waals surface area contributed by atoms with Gasteiger partial charge in [0.2, 0.25) is 0 Å². The Balaban J connectivity index is 1.43. The van der Waals surface area contributed by atoms with Gasteiger partial charge in [-0.3, -0.25) is 4.79 Å². The summed E-state index contributed by atoms with van der Waals surface area (Å²) in [5, 5.41) is 0.695. The SMILES string of the molecule is Nc1ccc(C(=O)N2CC[C@@H](Cc3ncc4cc(F)ccc4n3)C2)cc1. The van der Waals surface area contributed by atoms with Gasteiger partial charge in [-0.25, -0.2) is 14.4 Å². The number of nitrogens with zero attached hydrogens (tertiary/aromatic N) is 3. The van der Waals surface area contributed by atoms with Gasteiger partial charge >= 0.3 is 0 Å². The molecule has 1 aliphatic heterocycles. The molecule has 2 aromatic carbocycles. The second-order valence-electron chi connectivity index (χ2n) is 6.72. The van der Waals surface area contributed by atoms with Crippen molar-refractivity contribution in [3.8, 4) is 0 Å². The first kappa shape index (κ1) is 16.4. The summed E-state index contributed by atoms with van der Waals surface area (Å²) >= 11 is 0. The normalized spacial score (nSPS) is 17.0. The molecule has 132 valence electrons. The zero-order valence-corrected chi connectivity index (χ0v) is 14.2. The van der Waals surface area contributed by atoms with Crippen molar-refractivity contribution < 1.29 is 9.18 Å². The van der Waals surface area contributed by atoms with E-state index in [0.717, 1.165) is 24.3 Å². The highest BCUT2D eigenvalue weighted by Crippen LogP contribution is 2.22. The molecule has 1 aliphatic rings. The van der Waals surface area contributed by atoms with Crippen LogP contribution in [0.15, 0.2) is 48.7 Å². The third-order valence-electron chi connectivity index (χ3n) is 4.79. The number of halogens is 1. The maximum Gasteiger partial charge on any atom is 0.253 e. The van der Waals surface area contributed by atoms with Gasteiger partial charge in [0, 0.05) is 42.3 Å². The van der Waals surface area contributed by atoms with Crippen LogP contribution < -0.4 is 5.73 Å². The number of rotatable bonds is 3. The van der Waals surface area contributed by atoms with Gasteiger partial charge in [-0.1, -0.05) is 0 Å². The topological polar surface area (TPSA) is 72.1 Å². The number of benzene rings is 2. The van der Waals surface area contributed by atoms with Crippen molar-refractivity contribution in [2.24, 2.45) is 5.92 Å². The minimum absolute atomic E-state index is 0.0300. The molecule has 2 N–H and O–H groups in total. The third-order valence-corrected chi connectivity index (χ3v) is 4.79. The van der Waals surface area contributed by atoms with Gasteiger partial charge in [-0.15, -0.1) is 0 Å². The fourth-order valence-corrected chi connectivity index (χ4v) is 3.39. The van der Waals surface area contributed by atoms with E-state index >= 15 is 0 Å². The van der Waals surface area contributed by atoms with Crippen molar-refractivity contribution >= 4 is 22.5 Å². The number of aromatic nitrogens is 2. The number of nitrogen functional groups attached to an aromatic ring is 1. The molecule has 0 spiro atoms. The summed E-state index contributed by atoms with van der Waals surface area (Å²) in [5.41, 5.74) is 7.72. The minimum Gasteiger partial charge on any atom is -0.399 e. The van der Waals surface area contributed by atoms with Gasteiger partial charge in [-0.05, 0) is 54.8 Å². The molecule has 2 heterocycles. The summed E-state index contributed by atoms with van der Waals surface area (Å²) in [6, 6.07) is 11.5. The maximum absolute atomic E-state index is 13.2. The molecule has 0 saturated carbocycles. The molecule has 0 bridgehead atoms. The predicted molar refractivity (Wildman–Crippen MR) is 98.1 cm³/mol. The summed E-state index contributed by atoms with van der Waals surface area (Å²) < 4.78 is 13.2. The molecule has 0 aliphatic carbocycles. The average molecular weight is 350 g/mol. The Morgan fingerprint density at radius 2 is 2.04 bits per heavy atom. The highest BCUT2D eigenvalue weighted by Gasteiger charge is 2.27. The average Bonchev–Trinajstić information content (AvgIpc) is 3.10. The number of likely N-dealkylation sites (tertiary alicyclic amines) is 1. The van der Waals surface area contributed by atoms with Crippen LogP contribution in [-0.4, -0.2) is 33.9 Å².